The number of benzene rings is 1. The summed E-state index contributed by atoms with van der Waals surface area (Å²) in [4.78, 5) is 30.2. The summed E-state index contributed by atoms with van der Waals surface area (Å²) in [5.41, 5.74) is 1.69. The second-order valence-electron chi connectivity index (χ2n) is 4.93. The van der Waals surface area contributed by atoms with Gasteiger partial charge in [-0.3, -0.25) is 4.79 Å². The molecule has 1 N–H and O–H groups in total. The number of carbonyl (C=O) groups excluding carboxylic acids is 1. The van der Waals surface area contributed by atoms with Crippen molar-refractivity contribution >= 4 is 23.2 Å². The highest BCUT2D eigenvalue weighted by Crippen LogP contribution is 2.31. The van der Waals surface area contributed by atoms with E-state index in [0.29, 0.717) is 23.4 Å². The van der Waals surface area contributed by atoms with Crippen molar-refractivity contribution in [2.24, 2.45) is 0 Å². The van der Waals surface area contributed by atoms with Gasteiger partial charge in [-0.1, -0.05) is 24.3 Å². The minimum atomic E-state index is -1.00. The van der Waals surface area contributed by atoms with E-state index in [1.165, 1.54) is 22.4 Å². The van der Waals surface area contributed by atoms with E-state index in [4.69, 9.17) is 0 Å². The fourth-order valence-electron chi connectivity index (χ4n) is 2.65. The molecule has 0 saturated carbocycles. The molecule has 0 fully saturated rings. The molecule has 21 heavy (non-hydrogen) atoms. The van der Waals surface area contributed by atoms with E-state index in [1.807, 2.05) is 19.1 Å². The van der Waals surface area contributed by atoms with Gasteiger partial charge in [-0.2, -0.15) is 0 Å². The third-order valence-electron chi connectivity index (χ3n) is 3.61. The summed E-state index contributed by atoms with van der Waals surface area (Å²) in [5, 5.41) is 10.3. The van der Waals surface area contributed by atoms with Crippen LogP contribution in [0.2, 0.25) is 0 Å². The first kappa shape index (κ1) is 13.8. The Kier molecular flexibility index (Phi) is 3.47. The Balaban J connectivity index is 1.99. The van der Waals surface area contributed by atoms with Crippen molar-refractivity contribution in [3.8, 4) is 0 Å². The number of carboxylic acid groups (broad SMARTS) is 1. The fourth-order valence-corrected chi connectivity index (χ4v) is 3.39. The molecule has 1 atom stereocenters. The van der Waals surface area contributed by atoms with Gasteiger partial charge in [0, 0.05) is 6.54 Å². The summed E-state index contributed by atoms with van der Waals surface area (Å²) >= 11 is 1.29. The molecule has 1 unspecified atom stereocenters. The maximum Gasteiger partial charge on any atom is 0.331 e. The molecule has 5 nitrogen and oxygen atoms in total. The lowest BCUT2D eigenvalue weighted by Gasteiger charge is -2.34. The molecule has 3 rings (SSSR count). The number of nitrogens with zero attached hydrogens (tertiary/aromatic N) is 2. The molecule has 1 aromatic carbocycles. The molecule has 0 aliphatic carbocycles. The second-order valence-corrected chi connectivity index (χ2v) is 6.17. The smallest absolute Gasteiger partial charge is 0.331 e. The van der Waals surface area contributed by atoms with Gasteiger partial charge in [0.25, 0.3) is 5.91 Å². The van der Waals surface area contributed by atoms with Crippen molar-refractivity contribution < 1.29 is 14.7 Å². The molecular formula is C15H14N2O3S. The van der Waals surface area contributed by atoms with Crippen molar-refractivity contribution in [3.05, 3.63) is 51.5 Å². The van der Waals surface area contributed by atoms with E-state index in [0.717, 1.165) is 10.6 Å². The number of hydrogen-bond donors (Lipinski definition) is 1. The Morgan fingerprint density at radius 3 is 2.81 bits per heavy atom. The molecule has 2 heterocycles. The Morgan fingerprint density at radius 2 is 2.14 bits per heavy atom. The van der Waals surface area contributed by atoms with E-state index in [1.54, 1.807) is 12.1 Å². The molecule has 2 aromatic rings. The van der Waals surface area contributed by atoms with Crippen molar-refractivity contribution in [2.45, 2.75) is 19.4 Å². The Hall–Kier alpha value is -2.21. The van der Waals surface area contributed by atoms with Gasteiger partial charge in [0.2, 0.25) is 0 Å². The van der Waals surface area contributed by atoms with Crippen LogP contribution in [0.15, 0.2) is 30.5 Å². The van der Waals surface area contributed by atoms with Crippen LogP contribution in [0.3, 0.4) is 0 Å². The maximum absolute atomic E-state index is 12.6. The van der Waals surface area contributed by atoms with Gasteiger partial charge in [-0.25, -0.2) is 9.78 Å². The van der Waals surface area contributed by atoms with Crippen molar-refractivity contribution in [2.75, 3.05) is 6.54 Å². The summed E-state index contributed by atoms with van der Waals surface area (Å²) in [5.74, 6) is -1.26. The van der Waals surface area contributed by atoms with Gasteiger partial charge < -0.3 is 10.0 Å². The van der Waals surface area contributed by atoms with Crippen molar-refractivity contribution in [1.82, 2.24) is 9.88 Å². The molecule has 0 bridgehead atoms. The van der Waals surface area contributed by atoms with Crippen LogP contribution in [-0.2, 0) is 11.2 Å². The number of amides is 1. The largest absolute Gasteiger partial charge is 0.479 e. The number of fused-ring (bicyclic) bond motifs is 1. The number of aromatic nitrogens is 1. The molecule has 0 spiro atoms. The lowest BCUT2D eigenvalue weighted by Crippen LogP contribution is -2.43. The maximum atomic E-state index is 12.6. The quantitative estimate of drug-likeness (QED) is 0.924. The number of rotatable bonds is 2. The molecule has 108 valence electrons. The summed E-state index contributed by atoms with van der Waals surface area (Å²) in [6.07, 6.45) is 2.19. The highest BCUT2D eigenvalue weighted by molar-refractivity contribution is 7.13. The number of carboxylic acids is 1. The fraction of sp³-hybridized carbons (Fsp3) is 0.267. The summed E-state index contributed by atoms with van der Waals surface area (Å²) in [6, 6.07) is 6.47. The molecule has 1 aliphatic heterocycles. The zero-order valence-electron chi connectivity index (χ0n) is 11.4. The van der Waals surface area contributed by atoms with E-state index in [2.05, 4.69) is 4.98 Å². The average Bonchev–Trinajstić information content (AvgIpc) is 2.91. The SMILES string of the molecule is Cc1ncc(C(=O)N2CCc3ccccc3C2C(=O)O)s1. The number of aliphatic carboxylic acids is 1. The monoisotopic (exact) mass is 302 g/mol. The highest BCUT2D eigenvalue weighted by Gasteiger charge is 2.36. The Bertz CT molecular complexity index is 710. The van der Waals surface area contributed by atoms with Crippen LogP contribution in [0.5, 0.6) is 0 Å². The lowest BCUT2D eigenvalue weighted by atomic mass is 9.92. The summed E-state index contributed by atoms with van der Waals surface area (Å²) < 4.78 is 0. The molecule has 6 heteroatoms. The first-order chi connectivity index (χ1) is 10.1. The number of carbonyl (C=O) groups is 2. The highest BCUT2D eigenvalue weighted by atomic mass is 32.1. The van der Waals surface area contributed by atoms with Gasteiger partial charge in [-0.15, -0.1) is 11.3 Å². The molecule has 0 radical (unpaired) electrons. The van der Waals surface area contributed by atoms with Crippen LogP contribution in [0.25, 0.3) is 0 Å². The first-order valence-electron chi connectivity index (χ1n) is 6.62. The van der Waals surface area contributed by atoms with Crippen molar-refractivity contribution in [1.29, 1.82) is 0 Å². The standard InChI is InChI=1S/C15H14N2O3S/c1-9-16-8-12(21-9)14(18)17-7-6-10-4-2-3-5-11(10)13(17)15(19)20/h2-5,8,13H,6-7H2,1H3,(H,19,20). The number of hydrogen-bond acceptors (Lipinski definition) is 4. The summed E-state index contributed by atoms with van der Waals surface area (Å²) in [6.45, 7) is 2.23. The number of aryl methyl sites for hydroxylation is 1. The topological polar surface area (TPSA) is 70.5 Å². The zero-order chi connectivity index (χ0) is 15.0. The van der Waals surface area contributed by atoms with Crippen LogP contribution in [0.1, 0.15) is 31.8 Å². The van der Waals surface area contributed by atoms with Crippen LogP contribution >= 0.6 is 11.3 Å². The molecule has 1 aliphatic rings. The third-order valence-corrected chi connectivity index (χ3v) is 4.51. The summed E-state index contributed by atoms with van der Waals surface area (Å²) in [7, 11) is 0. The minimum absolute atomic E-state index is 0.262. The predicted octanol–water partition coefficient (Wildman–Crippen LogP) is 2.28. The zero-order valence-corrected chi connectivity index (χ0v) is 12.3. The van der Waals surface area contributed by atoms with Crippen LogP contribution in [-0.4, -0.2) is 33.4 Å². The van der Waals surface area contributed by atoms with Gasteiger partial charge in [-0.05, 0) is 24.5 Å². The normalized spacial score (nSPS) is 17.4. The van der Waals surface area contributed by atoms with E-state index in [-0.39, 0.29) is 5.91 Å². The minimum Gasteiger partial charge on any atom is -0.479 e. The van der Waals surface area contributed by atoms with Crippen LogP contribution in [0.4, 0.5) is 0 Å². The number of thiazole rings is 1. The van der Waals surface area contributed by atoms with Gasteiger partial charge in [0.05, 0.1) is 11.2 Å². The molecule has 0 saturated heterocycles. The van der Waals surface area contributed by atoms with Gasteiger partial charge >= 0.3 is 5.97 Å². The van der Waals surface area contributed by atoms with Gasteiger partial charge in [0.1, 0.15) is 4.88 Å². The Labute approximate surface area is 125 Å². The average molecular weight is 302 g/mol. The van der Waals surface area contributed by atoms with E-state index in [9.17, 15) is 14.7 Å². The van der Waals surface area contributed by atoms with E-state index < -0.39 is 12.0 Å². The molecule has 1 aromatic heterocycles. The van der Waals surface area contributed by atoms with Crippen LogP contribution < -0.4 is 0 Å². The molecular weight excluding hydrogens is 288 g/mol. The van der Waals surface area contributed by atoms with Crippen molar-refractivity contribution in [3.63, 3.8) is 0 Å². The lowest BCUT2D eigenvalue weighted by molar-refractivity contribution is -0.143. The van der Waals surface area contributed by atoms with Gasteiger partial charge in [0.15, 0.2) is 6.04 Å². The third kappa shape index (κ3) is 2.42. The predicted molar refractivity (Wildman–Crippen MR) is 78.4 cm³/mol. The van der Waals surface area contributed by atoms with Crippen LogP contribution in [0, 0.1) is 6.92 Å². The first-order valence-corrected chi connectivity index (χ1v) is 7.43. The second kappa shape index (κ2) is 5.29. The van der Waals surface area contributed by atoms with E-state index >= 15 is 0 Å². The molecule has 1 amide bonds. The Morgan fingerprint density at radius 1 is 1.38 bits per heavy atom.